The molecule has 0 saturated carbocycles. The Kier molecular flexibility index (Phi) is 5.30. The normalized spacial score (nSPS) is 10.9. The first-order valence-corrected chi connectivity index (χ1v) is 7.90. The van der Waals surface area contributed by atoms with E-state index in [4.69, 9.17) is 27.9 Å². The third-order valence-electron chi connectivity index (χ3n) is 2.74. The highest BCUT2D eigenvalue weighted by Gasteiger charge is 2.09. The fourth-order valence-corrected chi connectivity index (χ4v) is 2.54. The van der Waals surface area contributed by atoms with Gasteiger partial charge in [-0.05, 0) is 35.7 Å². The molecule has 0 unspecified atom stereocenters. The van der Waals surface area contributed by atoms with Crippen LogP contribution in [-0.4, -0.2) is 4.98 Å². The van der Waals surface area contributed by atoms with Crippen molar-refractivity contribution in [2.45, 2.75) is 25.6 Å². The number of rotatable bonds is 4. The molecule has 0 radical (unpaired) electrons. The quantitative estimate of drug-likeness (QED) is 0.598. The van der Waals surface area contributed by atoms with Crippen LogP contribution in [0, 0.1) is 0 Å². The lowest BCUT2D eigenvalue weighted by Crippen LogP contribution is -1.98. The van der Waals surface area contributed by atoms with Gasteiger partial charge in [0, 0.05) is 22.1 Å². The second-order valence-electron chi connectivity index (χ2n) is 4.70. The van der Waals surface area contributed by atoms with Crippen molar-refractivity contribution in [2.75, 3.05) is 0 Å². The van der Waals surface area contributed by atoms with Gasteiger partial charge in [-0.15, -0.1) is 11.6 Å². The Bertz CT molecular complexity index is 617. The fraction of sp³-hybridized carbons (Fsp3) is 0.267. The highest BCUT2D eigenvalue weighted by molar-refractivity contribution is 9.10. The van der Waals surface area contributed by atoms with E-state index in [-0.39, 0.29) is 0 Å². The van der Waals surface area contributed by atoms with Gasteiger partial charge in [0.25, 0.3) is 0 Å². The molecule has 0 amide bonds. The number of hydrogen-bond donors (Lipinski definition) is 0. The average molecular weight is 375 g/mol. The van der Waals surface area contributed by atoms with Gasteiger partial charge in [0.05, 0.1) is 5.02 Å². The van der Waals surface area contributed by atoms with Crippen molar-refractivity contribution in [3.8, 4) is 11.6 Å². The summed E-state index contributed by atoms with van der Waals surface area (Å²) >= 11 is 15.4. The molecule has 1 heterocycles. The number of hydrogen-bond acceptors (Lipinski definition) is 2. The molecule has 0 aliphatic heterocycles. The third-order valence-corrected chi connectivity index (χ3v) is 3.83. The molecule has 2 nitrogen and oxygen atoms in total. The maximum absolute atomic E-state index is 6.15. The first-order valence-electron chi connectivity index (χ1n) is 6.19. The zero-order valence-electron chi connectivity index (χ0n) is 11.2. The van der Waals surface area contributed by atoms with E-state index >= 15 is 0 Å². The first kappa shape index (κ1) is 15.6. The van der Waals surface area contributed by atoms with Gasteiger partial charge in [-0.2, -0.15) is 0 Å². The number of pyridine rings is 1. The van der Waals surface area contributed by atoms with Gasteiger partial charge >= 0.3 is 0 Å². The second-order valence-corrected chi connectivity index (χ2v) is 6.29. The van der Waals surface area contributed by atoms with Gasteiger partial charge in [0.2, 0.25) is 5.88 Å². The van der Waals surface area contributed by atoms with E-state index in [2.05, 4.69) is 34.8 Å². The number of benzene rings is 1. The third kappa shape index (κ3) is 3.87. The lowest BCUT2D eigenvalue weighted by molar-refractivity contribution is 0.459. The summed E-state index contributed by atoms with van der Waals surface area (Å²) in [6.07, 6.45) is 0. The minimum absolute atomic E-state index is 0.306. The highest BCUT2D eigenvalue weighted by atomic mass is 79.9. The van der Waals surface area contributed by atoms with Gasteiger partial charge in [-0.1, -0.05) is 41.4 Å². The molecule has 0 saturated heterocycles. The Labute approximate surface area is 137 Å². The van der Waals surface area contributed by atoms with Crippen molar-refractivity contribution in [3.05, 3.63) is 51.1 Å². The van der Waals surface area contributed by atoms with Gasteiger partial charge < -0.3 is 4.74 Å². The summed E-state index contributed by atoms with van der Waals surface area (Å²) in [5.41, 5.74) is 1.93. The van der Waals surface area contributed by atoms with Crippen LogP contribution in [0.3, 0.4) is 0 Å². The van der Waals surface area contributed by atoms with Crippen LogP contribution in [0.15, 0.2) is 34.8 Å². The van der Waals surface area contributed by atoms with E-state index in [1.807, 2.05) is 18.2 Å². The van der Waals surface area contributed by atoms with Gasteiger partial charge in [-0.3, -0.25) is 0 Å². The summed E-state index contributed by atoms with van der Waals surface area (Å²) in [6.45, 7) is 4.16. The topological polar surface area (TPSA) is 22.1 Å². The molecule has 0 atom stereocenters. The van der Waals surface area contributed by atoms with Crippen LogP contribution in [-0.2, 0) is 5.88 Å². The Morgan fingerprint density at radius 2 is 2.00 bits per heavy atom. The standard InChI is InChI=1S/C15H14BrCl2NO/c1-9(2)13-5-10(8-17)6-15(19-13)20-14-4-3-11(16)7-12(14)18/h3-7,9H,8H2,1-2H3. The summed E-state index contributed by atoms with van der Waals surface area (Å²) in [7, 11) is 0. The summed E-state index contributed by atoms with van der Waals surface area (Å²) in [6, 6.07) is 9.28. The zero-order valence-corrected chi connectivity index (χ0v) is 14.3. The Morgan fingerprint density at radius 1 is 1.25 bits per heavy atom. The van der Waals surface area contributed by atoms with Crippen molar-refractivity contribution < 1.29 is 4.74 Å². The number of ether oxygens (including phenoxy) is 1. The number of alkyl halides is 1. The maximum Gasteiger partial charge on any atom is 0.219 e. The zero-order chi connectivity index (χ0) is 14.7. The van der Waals surface area contributed by atoms with Gasteiger partial charge in [-0.25, -0.2) is 4.98 Å². The molecule has 1 aromatic carbocycles. The Morgan fingerprint density at radius 3 is 2.60 bits per heavy atom. The minimum atomic E-state index is 0.306. The van der Waals surface area contributed by atoms with Crippen LogP contribution in [0.25, 0.3) is 0 Å². The summed E-state index contributed by atoms with van der Waals surface area (Å²) in [4.78, 5) is 4.49. The van der Waals surface area contributed by atoms with Gasteiger partial charge in [0.1, 0.15) is 5.75 Å². The molecule has 0 bridgehead atoms. The molecule has 0 fully saturated rings. The van der Waals surface area contributed by atoms with Crippen LogP contribution in [0.1, 0.15) is 31.0 Å². The van der Waals surface area contributed by atoms with E-state index in [1.165, 1.54) is 0 Å². The van der Waals surface area contributed by atoms with Crippen LogP contribution in [0.4, 0.5) is 0 Å². The lowest BCUT2D eigenvalue weighted by Gasteiger charge is -2.12. The van der Waals surface area contributed by atoms with Crippen LogP contribution in [0.5, 0.6) is 11.6 Å². The van der Waals surface area contributed by atoms with Crippen LogP contribution < -0.4 is 4.74 Å². The molecule has 0 aliphatic carbocycles. The summed E-state index contributed by atoms with van der Waals surface area (Å²) in [5.74, 6) is 1.81. The molecular formula is C15H14BrCl2NO. The fourth-order valence-electron chi connectivity index (χ4n) is 1.68. The van der Waals surface area contributed by atoms with Crippen LogP contribution in [0.2, 0.25) is 5.02 Å². The first-order chi connectivity index (χ1) is 9.49. The molecule has 1 aromatic heterocycles. The second kappa shape index (κ2) is 6.79. The summed E-state index contributed by atoms with van der Waals surface area (Å²) in [5, 5.41) is 0.531. The largest absolute Gasteiger partial charge is 0.437 e. The molecule has 0 N–H and O–H groups in total. The lowest BCUT2D eigenvalue weighted by atomic mass is 10.1. The SMILES string of the molecule is CC(C)c1cc(CCl)cc(Oc2ccc(Br)cc2Cl)n1. The van der Waals surface area contributed by atoms with Crippen molar-refractivity contribution in [1.82, 2.24) is 4.98 Å². The van der Waals surface area contributed by atoms with Crippen molar-refractivity contribution in [1.29, 1.82) is 0 Å². The van der Waals surface area contributed by atoms with Gasteiger partial charge in [0.15, 0.2) is 0 Å². The molecule has 5 heteroatoms. The van der Waals surface area contributed by atoms with Crippen molar-refractivity contribution in [2.24, 2.45) is 0 Å². The van der Waals surface area contributed by atoms with Crippen LogP contribution >= 0.6 is 39.1 Å². The molecular weight excluding hydrogens is 361 g/mol. The maximum atomic E-state index is 6.15. The molecule has 0 spiro atoms. The predicted octanol–water partition coefficient (Wildman–Crippen LogP) is 6.15. The molecule has 0 aliphatic rings. The average Bonchev–Trinajstić information content (AvgIpc) is 2.41. The molecule has 106 valence electrons. The molecule has 20 heavy (non-hydrogen) atoms. The van der Waals surface area contributed by atoms with E-state index in [1.54, 1.807) is 12.1 Å². The number of nitrogens with zero attached hydrogens (tertiary/aromatic N) is 1. The number of aromatic nitrogens is 1. The molecule has 2 aromatic rings. The molecule has 2 rings (SSSR count). The van der Waals surface area contributed by atoms with Crippen molar-refractivity contribution in [3.63, 3.8) is 0 Å². The Balaban J connectivity index is 2.34. The monoisotopic (exact) mass is 373 g/mol. The highest BCUT2D eigenvalue weighted by Crippen LogP contribution is 2.32. The van der Waals surface area contributed by atoms with E-state index in [9.17, 15) is 0 Å². The van der Waals surface area contributed by atoms with Crippen molar-refractivity contribution >= 4 is 39.1 Å². The summed E-state index contributed by atoms with van der Waals surface area (Å²) < 4.78 is 6.68. The van der Waals surface area contributed by atoms with E-state index < -0.39 is 0 Å². The minimum Gasteiger partial charge on any atom is -0.437 e. The smallest absolute Gasteiger partial charge is 0.219 e. The Hall–Kier alpha value is -0.770. The number of halogens is 3. The van der Waals surface area contributed by atoms with E-state index in [0.717, 1.165) is 15.7 Å². The van der Waals surface area contributed by atoms with E-state index in [0.29, 0.717) is 28.5 Å². The predicted molar refractivity (Wildman–Crippen MR) is 87.1 cm³/mol.